The maximum absolute atomic E-state index is 11.5. The van der Waals surface area contributed by atoms with Crippen LogP contribution in [0.3, 0.4) is 0 Å². The molecule has 0 unspecified atom stereocenters. The van der Waals surface area contributed by atoms with Crippen molar-refractivity contribution in [1.29, 1.82) is 0 Å². The molecule has 0 aromatic carbocycles. The number of nitrogens with one attached hydrogen (secondary N) is 2. The van der Waals surface area contributed by atoms with Gasteiger partial charge in [0.25, 0.3) is 11.8 Å². The number of carbonyl (C=O) groups is 2. The maximum Gasteiger partial charge on any atom is 0.272 e. The molecule has 12 heteroatoms. The highest BCUT2D eigenvalue weighted by molar-refractivity contribution is 5.95. The molecule has 4 aromatic heterocycles. The van der Waals surface area contributed by atoms with E-state index in [4.69, 9.17) is 0 Å². The fourth-order valence-electron chi connectivity index (χ4n) is 2.20. The van der Waals surface area contributed by atoms with E-state index in [1.165, 1.54) is 18.6 Å². The standard InChI is InChI=1S/2C11H9N5O/c17-11(9-1-3-12-4-2-9)16-15-8-10-7-13-5-6-14-10;17-11(9-2-1-3-12-6-9)16-15-8-10-7-13-4-5-14-10/h2*1-8H,(H,16,17). The molecule has 0 saturated carbocycles. The van der Waals surface area contributed by atoms with Gasteiger partial charge in [-0.05, 0) is 24.3 Å². The summed E-state index contributed by atoms with van der Waals surface area (Å²) in [6.45, 7) is 0. The molecule has 4 aromatic rings. The lowest BCUT2D eigenvalue weighted by Crippen LogP contribution is -2.17. The quantitative estimate of drug-likeness (QED) is 0.325. The van der Waals surface area contributed by atoms with Crippen LogP contribution in [-0.4, -0.2) is 54.1 Å². The molecule has 0 saturated heterocycles. The normalized spacial score (nSPS) is 10.4. The molecular formula is C22H18N10O2. The summed E-state index contributed by atoms with van der Waals surface area (Å²) >= 11 is 0. The minimum atomic E-state index is -0.321. The van der Waals surface area contributed by atoms with Gasteiger partial charge in [0.05, 0.1) is 30.4 Å². The van der Waals surface area contributed by atoms with Gasteiger partial charge in [-0.1, -0.05) is 0 Å². The van der Waals surface area contributed by atoms with Crippen LogP contribution in [0.5, 0.6) is 0 Å². The third-order valence-electron chi connectivity index (χ3n) is 3.76. The van der Waals surface area contributed by atoms with Crippen LogP contribution in [0.4, 0.5) is 0 Å². The summed E-state index contributed by atoms with van der Waals surface area (Å²) in [5, 5.41) is 7.53. The molecule has 0 aliphatic rings. The summed E-state index contributed by atoms with van der Waals surface area (Å²) in [7, 11) is 0. The number of hydrazone groups is 2. The van der Waals surface area contributed by atoms with E-state index in [-0.39, 0.29) is 11.8 Å². The van der Waals surface area contributed by atoms with Crippen LogP contribution in [0.15, 0.2) is 96.4 Å². The summed E-state index contributed by atoms with van der Waals surface area (Å²) in [5.41, 5.74) is 6.84. The lowest BCUT2D eigenvalue weighted by Gasteiger charge is -1.97. The summed E-state index contributed by atoms with van der Waals surface area (Å²) in [6.07, 6.45) is 18.3. The largest absolute Gasteiger partial charge is 0.272 e. The summed E-state index contributed by atoms with van der Waals surface area (Å²) in [6, 6.07) is 6.54. The topological polar surface area (TPSA) is 160 Å². The van der Waals surface area contributed by atoms with Gasteiger partial charge in [-0.15, -0.1) is 0 Å². The first-order chi connectivity index (χ1) is 16.7. The summed E-state index contributed by atoms with van der Waals surface area (Å²) in [5.74, 6) is -0.620. The van der Waals surface area contributed by atoms with Crippen LogP contribution in [0.25, 0.3) is 0 Å². The van der Waals surface area contributed by atoms with Gasteiger partial charge < -0.3 is 0 Å². The number of hydrogen-bond donors (Lipinski definition) is 2. The Balaban J connectivity index is 0.000000191. The molecule has 0 aliphatic heterocycles. The second-order valence-corrected chi connectivity index (χ2v) is 6.14. The highest BCUT2D eigenvalue weighted by Gasteiger charge is 2.02. The van der Waals surface area contributed by atoms with Gasteiger partial charge in [-0.3, -0.25) is 39.5 Å². The second-order valence-electron chi connectivity index (χ2n) is 6.14. The predicted molar refractivity (Wildman–Crippen MR) is 123 cm³/mol. The van der Waals surface area contributed by atoms with Crippen molar-refractivity contribution in [2.24, 2.45) is 10.2 Å². The molecule has 0 spiro atoms. The molecule has 0 fully saturated rings. The molecule has 2 N–H and O–H groups in total. The number of nitrogens with zero attached hydrogens (tertiary/aromatic N) is 8. The first kappa shape index (κ1) is 23.4. The number of hydrogen-bond acceptors (Lipinski definition) is 10. The van der Waals surface area contributed by atoms with Gasteiger partial charge in [0.15, 0.2) is 0 Å². The number of carbonyl (C=O) groups excluding carboxylic acids is 2. The zero-order valence-electron chi connectivity index (χ0n) is 17.6. The van der Waals surface area contributed by atoms with E-state index in [1.54, 1.807) is 80.0 Å². The molecule has 4 heterocycles. The fourth-order valence-corrected chi connectivity index (χ4v) is 2.20. The van der Waals surface area contributed by atoms with Crippen LogP contribution < -0.4 is 10.9 Å². The van der Waals surface area contributed by atoms with Crippen LogP contribution in [0.2, 0.25) is 0 Å². The minimum Gasteiger partial charge on any atom is -0.267 e. The Bertz CT molecular complexity index is 1120. The van der Waals surface area contributed by atoms with Gasteiger partial charge in [-0.25, -0.2) is 10.9 Å². The van der Waals surface area contributed by atoms with E-state index in [0.717, 1.165) is 0 Å². The Morgan fingerprint density at radius 1 is 0.618 bits per heavy atom. The Hall–Kier alpha value is -5.26. The Labute approximate surface area is 194 Å². The Kier molecular flexibility index (Phi) is 9.10. The molecule has 0 radical (unpaired) electrons. The zero-order chi connectivity index (χ0) is 23.8. The number of amides is 2. The molecule has 0 atom stereocenters. The molecule has 0 aliphatic carbocycles. The summed E-state index contributed by atoms with van der Waals surface area (Å²) in [4.78, 5) is 46.4. The molecule has 168 valence electrons. The molecule has 12 nitrogen and oxygen atoms in total. The SMILES string of the molecule is O=C(NN=Cc1cnccn1)c1cccnc1.O=C(NN=Cc1cnccn1)c1ccncc1. The van der Waals surface area contributed by atoms with E-state index in [9.17, 15) is 9.59 Å². The number of rotatable bonds is 6. The zero-order valence-corrected chi connectivity index (χ0v) is 17.6. The average molecular weight is 454 g/mol. The predicted octanol–water partition coefficient (Wildman–Crippen LogP) is 1.27. The maximum atomic E-state index is 11.5. The van der Waals surface area contributed by atoms with Crippen molar-refractivity contribution < 1.29 is 9.59 Å². The summed E-state index contributed by atoms with van der Waals surface area (Å²) < 4.78 is 0. The van der Waals surface area contributed by atoms with Crippen molar-refractivity contribution in [3.8, 4) is 0 Å². The molecular weight excluding hydrogens is 436 g/mol. The van der Waals surface area contributed by atoms with E-state index in [2.05, 4.69) is 51.0 Å². The first-order valence-corrected chi connectivity index (χ1v) is 9.71. The first-order valence-electron chi connectivity index (χ1n) is 9.71. The van der Waals surface area contributed by atoms with E-state index < -0.39 is 0 Å². The van der Waals surface area contributed by atoms with Crippen molar-refractivity contribution in [1.82, 2.24) is 40.8 Å². The van der Waals surface area contributed by atoms with E-state index in [0.29, 0.717) is 22.5 Å². The lowest BCUT2D eigenvalue weighted by atomic mass is 10.3. The molecule has 2 amide bonds. The van der Waals surface area contributed by atoms with E-state index >= 15 is 0 Å². The van der Waals surface area contributed by atoms with Crippen molar-refractivity contribution in [2.75, 3.05) is 0 Å². The lowest BCUT2D eigenvalue weighted by molar-refractivity contribution is 0.0947. The van der Waals surface area contributed by atoms with Crippen LogP contribution in [-0.2, 0) is 0 Å². The number of pyridine rings is 2. The van der Waals surface area contributed by atoms with Crippen LogP contribution in [0.1, 0.15) is 32.1 Å². The third-order valence-corrected chi connectivity index (χ3v) is 3.76. The Morgan fingerprint density at radius 3 is 1.68 bits per heavy atom. The van der Waals surface area contributed by atoms with E-state index in [1.807, 2.05) is 0 Å². The van der Waals surface area contributed by atoms with Gasteiger partial charge in [0, 0.05) is 55.1 Å². The highest BCUT2D eigenvalue weighted by Crippen LogP contribution is 1.96. The minimum absolute atomic E-state index is 0.299. The second kappa shape index (κ2) is 13.2. The molecule has 34 heavy (non-hydrogen) atoms. The van der Waals surface area contributed by atoms with Gasteiger partial charge in [0.2, 0.25) is 0 Å². The van der Waals surface area contributed by atoms with Crippen LogP contribution in [0, 0.1) is 0 Å². The molecule has 0 bridgehead atoms. The number of aromatic nitrogens is 6. The van der Waals surface area contributed by atoms with Gasteiger partial charge in [0.1, 0.15) is 11.4 Å². The fraction of sp³-hybridized carbons (Fsp3) is 0. The Morgan fingerprint density at radius 2 is 1.18 bits per heavy atom. The smallest absolute Gasteiger partial charge is 0.267 e. The van der Waals surface area contributed by atoms with Crippen molar-refractivity contribution >= 4 is 24.2 Å². The third kappa shape index (κ3) is 8.11. The van der Waals surface area contributed by atoms with Crippen molar-refractivity contribution in [3.63, 3.8) is 0 Å². The average Bonchev–Trinajstić information content (AvgIpc) is 2.91. The van der Waals surface area contributed by atoms with Gasteiger partial charge >= 0.3 is 0 Å². The monoisotopic (exact) mass is 454 g/mol. The highest BCUT2D eigenvalue weighted by atomic mass is 16.2. The molecule has 4 rings (SSSR count). The van der Waals surface area contributed by atoms with Crippen molar-refractivity contribution in [2.45, 2.75) is 0 Å². The van der Waals surface area contributed by atoms with Crippen LogP contribution >= 0.6 is 0 Å². The van der Waals surface area contributed by atoms with Crippen molar-refractivity contribution in [3.05, 3.63) is 109 Å². The van der Waals surface area contributed by atoms with Gasteiger partial charge in [-0.2, -0.15) is 10.2 Å².